The summed E-state index contributed by atoms with van der Waals surface area (Å²) in [6, 6.07) is 6.06. The van der Waals surface area contributed by atoms with Crippen LogP contribution >= 0.6 is 27.5 Å². The molecule has 21 heavy (non-hydrogen) atoms. The molecule has 0 aliphatic carbocycles. The Morgan fingerprint density at radius 2 is 2.19 bits per heavy atom. The Hall–Kier alpha value is -0.910. The number of aryl methyl sites for hydroxylation is 1. The smallest absolute Gasteiger partial charge is 0.138 e. The van der Waals surface area contributed by atoms with E-state index in [-0.39, 0.29) is 6.04 Å². The van der Waals surface area contributed by atoms with Gasteiger partial charge >= 0.3 is 0 Å². The van der Waals surface area contributed by atoms with Gasteiger partial charge in [-0.15, -0.1) is 0 Å². The van der Waals surface area contributed by atoms with Crippen molar-refractivity contribution in [3.05, 3.63) is 45.4 Å². The van der Waals surface area contributed by atoms with Crippen molar-refractivity contribution in [1.82, 2.24) is 20.1 Å². The van der Waals surface area contributed by atoms with Crippen LogP contribution in [0.1, 0.15) is 37.7 Å². The standard InChI is InChI=1S/C15H20BrClN4/c1-3-7-21-15(19-10-20-21)9-14(18-4-2)12-8-11(16)5-6-13(12)17/h5-6,8,10,14,18H,3-4,7,9H2,1-2H3. The van der Waals surface area contributed by atoms with Crippen LogP contribution in [-0.4, -0.2) is 21.3 Å². The van der Waals surface area contributed by atoms with Crippen LogP contribution in [0.15, 0.2) is 29.0 Å². The van der Waals surface area contributed by atoms with E-state index >= 15 is 0 Å². The number of nitrogens with one attached hydrogen (secondary N) is 1. The van der Waals surface area contributed by atoms with Crippen molar-refractivity contribution in [2.24, 2.45) is 0 Å². The van der Waals surface area contributed by atoms with E-state index in [9.17, 15) is 0 Å². The molecule has 2 rings (SSSR count). The van der Waals surface area contributed by atoms with Crippen molar-refractivity contribution in [2.45, 2.75) is 39.3 Å². The maximum atomic E-state index is 6.36. The van der Waals surface area contributed by atoms with Crippen molar-refractivity contribution in [1.29, 1.82) is 0 Å². The summed E-state index contributed by atoms with van der Waals surface area (Å²) in [7, 11) is 0. The van der Waals surface area contributed by atoms with Gasteiger partial charge in [-0.05, 0) is 36.7 Å². The van der Waals surface area contributed by atoms with E-state index in [0.717, 1.165) is 46.8 Å². The lowest BCUT2D eigenvalue weighted by Crippen LogP contribution is -2.25. The fourth-order valence-corrected chi connectivity index (χ4v) is 2.98. The molecular weight excluding hydrogens is 352 g/mol. The Bertz CT molecular complexity index is 585. The molecule has 1 atom stereocenters. The number of hydrogen-bond acceptors (Lipinski definition) is 3. The molecule has 0 fully saturated rings. The first kappa shape index (κ1) is 16.5. The van der Waals surface area contributed by atoms with Crippen molar-refractivity contribution in [3.8, 4) is 0 Å². The molecule has 0 amide bonds. The number of aromatic nitrogens is 3. The lowest BCUT2D eigenvalue weighted by Gasteiger charge is -2.20. The van der Waals surface area contributed by atoms with Gasteiger partial charge < -0.3 is 5.32 Å². The molecule has 1 unspecified atom stereocenters. The summed E-state index contributed by atoms with van der Waals surface area (Å²) in [5.74, 6) is 0.985. The Morgan fingerprint density at radius 3 is 2.90 bits per heavy atom. The van der Waals surface area contributed by atoms with Crippen LogP contribution in [0.5, 0.6) is 0 Å². The fraction of sp³-hybridized carbons (Fsp3) is 0.467. The zero-order valence-corrected chi connectivity index (χ0v) is 14.7. The van der Waals surface area contributed by atoms with Gasteiger partial charge in [0.25, 0.3) is 0 Å². The maximum absolute atomic E-state index is 6.36. The molecule has 0 bridgehead atoms. The highest BCUT2D eigenvalue weighted by Gasteiger charge is 2.18. The van der Waals surface area contributed by atoms with Crippen LogP contribution in [-0.2, 0) is 13.0 Å². The minimum Gasteiger partial charge on any atom is -0.310 e. The number of likely N-dealkylation sites (N-methyl/N-ethyl adjacent to an activating group) is 1. The summed E-state index contributed by atoms with van der Waals surface area (Å²) in [4.78, 5) is 4.39. The van der Waals surface area contributed by atoms with Gasteiger partial charge in [0.2, 0.25) is 0 Å². The van der Waals surface area contributed by atoms with Crippen molar-refractivity contribution in [3.63, 3.8) is 0 Å². The molecule has 1 aromatic heterocycles. The highest BCUT2D eigenvalue weighted by atomic mass is 79.9. The molecule has 6 heteroatoms. The maximum Gasteiger partial charge on any atom is 0.138 e. The molecule has 2 aromatic rings. The second kappa shape index (κ2) is 7.92. The minimum atomic E-state index is 0.125. The van der Waals surface area contributed by atoms with Crippen molar-refractivity contribution >= 4 is 27.5 Å². The predicted octanol–water partition coefficient (Wildman–Crippen LogP) is 4.00. The number of benzene rings is 1. The molecule has 0 saturated carbocycles. The molecule has 0 aliphatic heterocycles. The molecular formula is C15H20BrClN4. The number of rotatable bonds is 7. The normalized spacial score (nSPS) is 12.6. The van der Waals surface area contributed by atoms with Gasteiger partial charge in [-0.25, -0.2) is 4.98 Å². The lowest BCUT2D eigenvalue weighted by atomic mass is 10.0. The van der Waals surface area contributed by atoms with Crippen molar-refractivity contribution < 1.29 is 0 Å². The predicted molar refractivity (Wildman–Crippen MR) is 89.6 cm³/mol. The zero-order valence-electron chi connectivity index (χ0n) is 12.3. The topological polar surface area (TPSA) is 42.7 Å². The van der Waals surface area contributed by atoms with Gasteiger partial charge in [-0.2, -0.15) is 5.10 Å². The molecule has 4 nitrogen and oxygen atoms in total. The van der Waals surface area contributed by atoms with Gasteiger partial charge in [0.05, 0.1) is 0 Å². The van der Waals surface area contributed by atoms with E-state index in [1.165, 1.54) is 0 Å². The number of hydrogen-bond donors (Lipinski definition) is 1. The fourth-order valence-electron chi connectivity index (χ4n) is 2.35. The van der Waals surface area contributed by atoms with E-state index in [2.05, 4.69) is 51.2 Å². The van der Waals surface area contributed by atoms with Gasteiger partial charge in [-0.3, -0.25) is 4.68 Å². The third-order valence-corrected chi connectivity index (χ3v) is 4.14. The molecule has 0 spiro atoms. The van der Waals surface area contributed by atoms with E-state index in [1.54, 1.807) is 6.33 Å². The van der Waals surface area contributed by atoms with Crippen molar-refractivity contribution in [2.75, 3.05) is 6.54 Å². The van der Waals surface area contributed by atoms with Crippen LogP contribution in [0, 0.1) is 0 Å². The zero-order chi connectivity index (χ0) is 15.2. The number of nitrogens with zero attached hydrogens (tertiary/aromatic N) is 3. The van der Waals surface area contributed by atoms with E-state index < -0.39 is 0 Å². The summed E-state index contributed by atoms with van der Waals surface area (Å²) >= 11 is 9.88. The first-order valence-electron chi connectivity index (χ1n) is 7.20. The average molecular weight is 372 g/mol. The quantitative estimate of drug-likeness (QED) is 0.800. The van der Waals surface area contributed by atoms with E-state index in [4.69, 9.17) is 11.6 Å². The lowest BCUT2D eigenvalue weighted by molar-refractivity contribution is 0.498. The first-order valence-corrected chi connectivity index (χ1v) is 8.37. The Morgan fingerprint density at radius 1 is 1.38 bits per heavy atom. The third kappa shape index (κ3) is 4.28. The second-order valence-electron chi connectivity index (χ2n) is 4.88. The average Bonchev–Trinajstić information content (AvgIpc) is 2.89. The molecule has 1 aromatic carbocycles. The summed E-state index contributed by atoms with van der Waals surface area (Å²) in [6.07, 6.45) is 3.43. The molecule has 0 aliphatic rings. The monoisotopic (exact) mass is 370 g/mol. The van der Waals surface area contributed by atoms with Gasteiger partial charge in [0.1, 0.15) is 12.2 Å². The number of halogens is 2. The van der Waals surface area contributed by atoms with E-state index in [0.29, 0.717) is 0 Å². The molecule has 0 saturated heterocycles. The third-order valence-electron chi connectivity index (χ3n) is 3.30. The van der Waals surface area contributed by atoms with Crippen LogP contribution in [0.3, 0.4) is 0 Å². The highest BCUT2D eigenvalue weighted by molar-refractivity contribution is 9.10. The molecule has 1 N–H and O–H groups in total. The molecule has 1 heterocycles. The van der Waals surface area contributed by atoms with Crippen LogP contribution in [0.25, 0.3) is 0 Å². The Balaban J connectivity index is 2.26. The highest BCUT2D eigenvalue weighted by Crippen LogP contribution is 2.28. The van der Waals surface area contributed by atoms with E-state index in [1.807, 2.05) is 16.8 Å². The Labute approximate surface area is 139 Å². The van der Waals surface area contributed by atoms with Gasteiger partial charge in [0, 0.05) is 28.5 Å². The largest absolute Gasteiger partial charge is 0.310 e. The molecule has 0 radical (unpaired) electrons. The van der Waals surface area contributed by atoms with Gasteiger partial charge in [-0.1, -0.05) is 41.4 Å². The van der Waals surface area contributed by atoms with Gasteiger partial charge in [0.15, 0.2) is 0 Å². The minimum absolute atomic E-state index is 0.125. The van der Waals surface area contributed by atoms with Crippen LogP contribution < -0.4 is 5.32 Å². The summed E-state index contributed by atoms with van der Waals surface area (Å²) in [5, 5.41) is 8.55. The first-order chi connectivity index (χ1) is 10.2. The molecule has 114 valence electrons. The second-order valence-corrected chi connectivity index (χ2v) is 6.20. The summed E-state index contributed by atoms with van der Waals surface area (Å²) in [6.45, 7) is 5.99. The SMILES string of the molecule is CCCn1ncnc1CC(NCC)c1cc(Br)ccc1Cl. The summed E-state index contributed by atoms with van der Waals surface area (Å²) < 4.78 is 3.00. The van der Waals surface area contributed by atoms with Crippen LogP contribution in [0.4, 0.5) is 0 Å². The summed E-state index contributed by atoms with van der Waals surface area (Å²) in [5.41, 5.74) is 1.08. The van der Waals surface area contributed by atoms with Crippen LogP contribution in [0.2, 0.25) is 5.02 Å². The Kier molecular flexibility index (Phi) is 6.21.